The summed E-state index contributed by atoms with van der Waals surface area (Å²) in [6.07, 6.45) is 0.830. The van der Waals surface area contributed by atoms with Crippen LogP contribution >= 0.6 is 27.5 Å². The van der Waals surface area contributed by atoms with Crippen LogP contribution in [0.5, 0.6) is 0 Å². The number of benzene rings is 1. The molecule has 2 rings (SSSR count). The van der Waals surface area contributed by atoms with Gasteiger partial charge in [-0.15, -0.1) is 11.6 Å². The van der Waals surface area contributed by atoms with E-state index in [9.17, 15) is 4.39 Å². The third-order valence-electron chi connectivity index (χ3n) is 2.52. The fourth-order valence-electron chi connectivity index (χ4n) is 1.56. The summed E-state index contributed by atoms with van der Waals surface area (Å²) in [5.74, 6) is 1.28. The highest BCUT2D eigenvalue weighted by Gasteiger charge is 2.16. The molecule has 90 valence electrons. The van der Waals surface area contributed by atoms with Crippen LogP contribution in [0.25, 0.3) is 0 Å². The number of furan rings is 1. The first-order chi connectivity index (χ1) is 8.11. The van der Waals surface area contributed by atoms with Gasteiger partial charge in [-0.05, 0) is 45.8 Å². The van der Waals surface area contributed by atoms with Crippen LogP contribution in [0, 0.1) is 5.82 Å². The lowest BCUT2D eigenvalue weighted by Gasteiger charge is -2.07. The van der Waals surface area contributed by atoms with E-state index < -0.39 is 5.38 Å². The van der Waals surface area contributed by atoms with Gasteiger partial charge >= 0.3 is 0 Å². The normalized spacial score (nSPS) is 12.7. The van der Waals surface area contributed by atoms with Gasteiger partial charge in [-0.25, -0.2) is 4.39 Å². The first-order valence-corrected chi connectivity index (χ1v) is 6.52. The van der Waals surface area contributed by atoms with E-state index in [0.29, 0.717) is 10.2 Å². The van der Waals surface area contributed by atoms with Gasteiger partial charge in [0.05, 0.1) is 4.47 Å². The quantitative estimate of drug-likeness (QED) is 0.720. The molecule has 0 N–H and O–H groups in total. The summed E-state index contributed by atoms with van der Waals surface area (Å²) in [6.45, 7) is 2.01. The Kier molecular flexibility index (Phi) is 3.89. The number of hydrogen-bond acceptors (Lipinski definition) is 1. The third-order valence-corrected chi connectivity index (χ3v) is 3.59. The minimum atomic E-state index is -0.396. The van der Waals surface area contributed by atoms with Crippen molar-refractivity contribution in [2.45, 2.75) is 18.7 Å². The van der Waals surface area contributed by atoms with Gasteiger partial charge in [-0.2, -0.15) is 0 Å². The van der Waals surface area contributed by atoms with Gasteiger partial charge in [0.15, 0.2) is 0 Å². The Morgan fingerprint density at radius 1 is 1.35 bits per heavy atom. The Labute approximate surface area is 113 Å². The highest BCUT2D eigenvalue weighted by atomic mass is 79.9. The van der Waals surface area contributed by atoms with E-state index in [4.69, 9.17) is 16.0 Å². The van der Waals surface area contributed by atoms with Crippen molar-refractivity contribution in [3.8, 4) is 0 Å². The zero-order valence-corrected chi connectivity index (χ0v) is 11.6. The molecule has 2 aromatic rings. The van der Waals surface area contributed by atoms with E-state index in [1.807, 2.05) is 19.1 Å². The maximum Gasteiger partial charge on any atom is 0.137 e. The topological polar surface area (TPSA) is 13.1 Å². The summed E-state index contributed by atoms with van der Waals surface area (Å²) >= 11 is 9.43. The van der Waals surface area contributed by atoms with E-state index in [1.54, 1.807) is 12.1 Å². The molecule has 4 heteroatoms. The van der Waals surface area contributed by atoms with E-state index in [0.717, 1.165) is 17.7 Å². The number of aryl methyl sites for hydroxylation is 1. The largest absolute Gasteiger partial charge is 0.464 e. The van der Waals surface area contributed by atoms with Gasteiger partial charge in [-0.1, -0.05) is 13.0 Å². The second-order valence-electron chi connectivity index (χ2n) is 3.69. The predicted molar refractivity (Wildman–Crippen MR) is 69.9 cm³/mol. The number of halogens is 3. The predicted octanol–water partition coefficient (Wildman–Crippen LogP) is 5.07. The zero-order valence-electron chi connectivity index (χ0n) is 9.21. The molecule has 0 aliphatic carbocycles. The Bertz CT molecular complexity index is 524. The molecule has 1 aromatic carbocycles. The van der Waals surface area contributed by atoms with Gasteiger partial charge in [-0.3, -0.25) is 0 Å². The van der Waals surface area contributed by atoms with Crippen molar-refractivity contribution in [3.05, 3.63) is 57.7 Å². The van der Waals surface area contributed by atoms with Gasteiger partial charge in [0.1, 0.15) is 22.7 Å². The molecule has 0 aliphatic heterocycles. The summed E-state index contributed by atoms with van der Waals surface area (Å²) < 4.78 is 19.1. The lowest BCUT2D eigenvalue weighted by molar-refractivity contribution is 0.474. The monoisotopic (exact) mass is 316 g/mol. The second-order valence-corrected chi connectivity index (χ2v) is 4.98. The molecule has 1 atom stereocenters. The van der Waals surface area contributed by atoms with Crippen molar-refractivity contribution in [1.82, 2.24) is 0 Å². The summed E-state index contributed by atoms with van der Waals surface area (Å²) in [5.41, 5.74) is 0.803. The van der Waals surface area contributed by atoms with Crippen LogP contribution in [-0.2, 0) is 6.42 Å². The van der Waals surface area contributed by atoms with Gasteiger partial charge in [0.25, 0.3) is 0 Å². The van der Waals surface area contributed by atoms with Crippen LogP contribution in [0.2, 0.25) is 0 Å². The molecule has 0 radical (unpaired) electrons. The summed E-state index contributed by atoms with van der Waals surface area (Å²) in [7, 11) is 0. The lowest BCUT2D eigenvalue weighted by Crippen LogP contribution is -1.92. The maximum absolute atomic E-state index is 13.1. The first-order valence-electron chi connectivity index (χ1n) is 5.29. The van der Waals surface area contributed by atoms with Crippen LogP contribution in [0.3, 0.4) is 0 Å². The second kappa shape index (κ2) is 5.23. The van der Waals surface area contributed by atoms with Gasteiger partial charge < -0.3 is 4.42 Å². The van der Waals surface area contributed by atoms with Crippen LogP contribution in [0.1, 0.15) is 29.4 Å². The molecule has 0 bridgehead atoms. The Morgan fingerprint density at radius 3 is 2.71 bits per heavy atom. The van der Waals surface area contributed by atoms with Gasteiger partial charge in [0, 0.05) is 6.42 Å². The average molecular weight is 318 g/mol. The molecule has 0 saturated heterocycles. The first kappa shape index (κ1) is 12.7. The van der Waals surface area contributed by atoms with Crippen molar-refractivity contribution < 1.29 is 8.81 Å². The summed E-state index contributed by atoms with van der Waals surface area (Å²) in [6, 6.07) is 8.47. The average Bonchev–Trinajstić information content (AvgIpc) is 2.80. The van der Waals surface area contributed by atoms with Crippen molar-refractivity contribution in [2.75, 3.05) is 0 Å². The van der Waals surface area contributed by atoms with Crippen molar-refractivity contribution in [2.24, 2.45) is 0 Å². The molecule has 0 amide bonds. The number of alkyl halides is 1. The van der Waals surface area contributed by atoms with Crippen molar-refractivity contribution >= 4 is 27.5 Å². The molecule has 17 heavy (non-hydrogen) atoms. The van der Waals surface area contributed by atoms with E-state index >= 15 is 0 Å². The molecular formula is C13H11BrClFO. The molecule has 0 aliphatic rings. The molecule has 0 spiro atoms. The Morgan fingerprint density at radius 2 is 2.12 bits per heavy atom. The smallest absolute Gasteiger partial charge is 0.137 e. The minimum absolute atomic E-state index is 0.300. The van der Waals surface area contributed by atoms with Crippen LogP contribution in [0.15, 0.2) is 39.2 Å². The molecule has 1 unspecified atom stereocenters. The standard InChI is InChI=1S/C13H11BrClFO/c1-2-9-4-6-12(17-9)13(15)8-3-5-11(16)10(14)7-8/h3-7,13H,2H2,1H3. The molecule has 1 aromatic heterocycles. The van der Waals surface area contributed by atoms with Crippen molar-refractivity contribution in [1.29, 1.82) is 0 Å². The van der Waals surface area contributed by atoms with Crippen molar-refractivity contribution in [3.63, 3.8) is 0 Å². The fraction of sp³-hybridized carbons (Fsp3) is 0.231. The summed E-state index contributed by atoms with van der Waals surface area (Å²) in [4.78, 5) is 0. The Hall–Kier alpha value is -0.800. The summed E-state index contributed by atoms with van der Waals surface area (Å²) in [5, 5.41) is -0.396. The molecule has 1 nitrogen and oxygen atoms in total. The number of hydrogen-bond donors (Lipinski definition) is 0. The molecule has 0 fully saturated rings. The van der Waals surface area contributed by atoms with Crippen LogP contribution in [0.4, 0.5) is 4.39 Å². The zero-order chi connectivity index (χ0) is 12.4. The van der Waals surface area contributed by atoms with Crippen LogP contribution in [-0.4, -0.2) is 0 Å². The van der Waals surface area contributed by atoms with E-state index in [-0.39, 0.29) is 5.82 Å². The highest BCUT2D eigenvalue weighted by molar-refractivity contribution is 9.10. The lowest BCUT2D eigenvalue weighted by atomic mass is 10.1. The SMILES string of the molecule is CCc1ccc(C(Cl)c2ccc(F)c(Br)c2)o1. The number of rotatable bonds is 3. The third kappa shape index (κ3) is 2.72. The highest BCUT2D eigenvalue weighted by Crippen LogP contribution is 2.32. The van der Waals surface area contributed by atoms with E-state index in [1.165, 1.54) is 6.07 Å². The maximum atomic E-state index is 13.1. The molecule has 0 saturated carbocycles. The van der Waals surface area contributed by atoms with E-state index in [2.05, 4.69) is 15.9 Å². The molecular weight excluding hydrogens is 306 g/mol. The fourth-order valence-corrected chi connectivity index (χ4v) is 2.20. The Balaban J connectivity index is 2.29. The minimum Gasteiger partial charge on any atom is -0.464 e. The van der Waals surface area contributed by atoms with Crippen LogP contribution < -0.4 is 0 Å². The molecule has 1 heterocycles. The van der Waals surface area contributed by atoms with Gasteiger partial charge in [0.2, 0.25) is 0 Å².